The first kappa shape index (κ1) is 12.6. The maximum absolute atomic E-state index is 6.03. The molecule has 0 aliphatic carbocycles. The molecular formula is C12H15ClN2OS. The molecule has 1 unspecified atom stereocenters. The molecule has 1 aromatic rings. The number of ether oxygens (including phenoxy) is 1. The van der Waals surface area contributed by atoms with Crippen molar-refractivity contribution in [3.8, 4) is 0 Å². The molecule has 0 spiro atoms. The number of hydrogen-bond donors (Lipinski definition) is 1. The lowest BCUT2D eigenvalue weighted by molar-refractivity contribution is 0.193. The summed E-state index contributed by atoms with van der Waals surface area (Å²) in [6, 6.07) is 5.93. The van der Waals surface area contributed by atoms with Gasteiger partial charge in [0.05, 0.1) is 12.6 Å². The monoisotopic (exact) mass is 270 g/mol. The highest BCUT2D eigenvalue weighted by Crippen LogP contribution is 2.27. The van der Waals surface area contributed by atoms with E-state index in [1.54, 1.807) is 6.07 Å². The Hall–Kier alpha value is -0.840. The largest absolute Gasteiger partial charge is 0.389 e. The number of nitrogens with two attached hydrogens (primary N) is 1. The fraction of sp³-hybridized carbons (Fsp3) is 0.417. The van der Waals surface area contributed by atoms with Gasteiger partial charge in [-0.2, -0.15) is 0 Å². The lowest BCUT2D eigenvalue weighted by Crippen LogP contribution is -2.33. The fourth-order valence-electron chi connectivity index (χ4n) is 2.03. The Morgan fingerprint density at radius 3 is 2.94 bits per heavy atom. The highest BCUT2D eigenvalue weighted by molar-refractivity contribution is 7.80. The smallest absolute Gasteiger partial charge is 0.106 e. The van der Waals surface area contributed by atoms with E-state index in [9.17, 15) is 0 Å². The molecule has 1 saturated heterocycles. The van der Waals surface area contributed by atoms with Crippen LogP contribution in [0.4, 0.5) is 5.69 Å². The molecule has 1 aliphatic heterocycles. The molecule has 5 heteroatoms. The summed E-state index contributed by atoms with van der Waals surface area (Å²) in [6.07, 6.45) is 1.01. The van der Waals surface area contributed by atoms with Crippen molar-refractivity contribution >= 4 is 34.5 Å². The number of hydrogen-bond acceptors (Lipinski definition) is 3. The second kappa shape index (κ2) is 5.21. The molecule has 0 aromatic heterocycles. The zero-order chi connectivity index (χ0) is 12.4. The third-order valence-corrected chi connectivity index (χ3v) is 3.51. The molecule has 2 rings (SSSR count). The lowest BCUT2D eigenvalue weighted by Gasteiger charge is -2.27. The Kier molecular flexibility index (Phi) is 3.86. The van der Waals surface area contributed by atoms with Gasteiger partial charge in [-0.25, -0.2) is 0 Å². The van der Waals surface area contributed by atoms with Crippen LogP contribution in [0.25, 0.3) is 0 Å². The number of thiocarbonyl (C=S) groups is 1. The number of nitrogens with zero attached hydrogens (tertiary/aromatic N) is 1. The van der Waals surface area contributed by atoms with Crippen molar-refractivity contribution < 1.29 is 4.74 Å². The number of rotatable bonds is 3. The first-order valence-corrected chi connectivity index (χ1v) is 6.28. The van der Waals surface area contributed by atoms with Crippen molar-refractivity contribution in [2.75, 3.05) is 25.2 Å². The second-order valence-electron chi connectivity index (χ2n) is 4.15. The van der Waals surface area contributed by atoms with Gasteiger partial charge in [-0.05, 0) is 24.6 Å². The molecule has 1 aliphatic rings. The second-order valence-corrected chi connectivity index (χ2v) is 5.03. The van der Waals surface area contributed by atoms with Crippen LogP contribution < -0.4 is 10.6 Å². The van der Waals surface area contributed by atoms with Gasteiger partial charge in [0.15, 0.2) is 0 Å². The van der Waals surface area contributed by atoms with Gasteiger partial charge in [0.2, 0.25) is 0 Å². The summed E-state index contributed by atoms with van der Waals surface area (Å²) >= 11 is 11.1. The van der Waals surface area contributed by atoms with Crippen molar-refractivity contribution in [1.82, 2.24) is 0 Å². The van der Waals surface area contributed by atoms with Gasteiger partial charge in [-0.15, -0.1) is 0 Å². The molecule has 1 heterocycles. The highest BCUT2D eigenvalue weighted by atomic mass is 35.5. The third kappa shape index (κ3) is 2.70. The van der Waals surface area contributed by atoms with Crippen LogP contribution >= 0.6 is 23.8 Å². The topological polar surface area (TPSA) is 38.5 Å². The highest BCUT2D eigenvalue weighted by Gasteiger charge is 2.22. The summed E-state index contributed by atoms with van der Waals surface area (Å²) in [4.78, 5) is 2.54. The minimum atomic E-state index is 0.363. The summed E-state index contributed by atoms with van der Waals surface area (Å²) < 4.78 is 5.39. The number of halogens is 1. The summed E-state index contributed by atoms with van der Waals surface area (Å²) in [7, 11) is 2.02. The van der Waals surface area contributed by atoms with E-state index in [-0.39, 0.29) is 0 Å². The summed E-state index contributed by atoms with van der Waals surface area (Å²) in [5, 5.41) is 0.686. The van der Waals surface area contributed by atoms with Crippen LogP contribution in [0.5, 0.6) is 0 Å². The van der Waals surface area contributed by atoms with Crippen molar-refractivity contribution in [2.45, 2.75) is 12.5 Å². The number of likely N-dealkylation sites (N-methyl/N-ethyl adjacent to an activating group) is 1. The van der Waals surface area contributed by atoms with Crippen molar-refractivity contribution in [3.05, 3.63) is 28.8 Å². The minimum Gasteiger partial charge on any atom is -0.389 e. The minimum absolute atomic E-state index is 0.363. The Balaban J connectivity index is 2.34. The molecule has 3 nitrogen and oxygen atoms in total. The van der Waals surface area contributed by atoms with E-state index in [1.807, 2.05) is 19.2 Å². The van der Waals surface area contributed by atoms with Crippen LogP contribution in [-0.2, 0) is 4.74 Å². The van der Waals surface area contributed by atoms with Crippen LogP contribution in [0, 0.1) is 0 Å². The van der Waals surface area contributed by atoms with Gasteiger partial charge < -0.3 is 15.4 Å². The van der Waals surface area contributed by atoms with Crippen LogP contribution in [0.2, 0.25) is 5.02 Å². The Bertz CT molecular complexity index is 433. The lowest BCUT2D eigenvalue weighted by atomic mass is 10.1. The van der Waals surface area contributed by atoms with E-state index in [0.29, 0.717) is 16.1 Å². The molecule has 0 amide bonds. The normalized spacial score (nSPS) is 19.3. The average molecular weight is 271 g/mol. The van der Waals surface area contributed by atoms with Gasteiger partial charge in [-0.1, -0.05) is 23.8 Å². The first-order chi connectivity index (χ1) is 8.09. The van der Waals surface area contributed by atoms with E-state index in [2.05, 4.69) is 4.90 Å². The van der Waals surface area contributed by atoms with Gasteiger partial charge in [0.1, 0.15) is 4.99 Å². The van der Waals surface area contributed by atoms with Crippen LogP contribution in [-0.4, -0.2) is 31.3 Å². The van der Waals surface area contributed by atoms with Crippen molar-refractivity contribution in [3.63, 3.8) is 0 Å². The van der Waals surface area contributed by atoms with Gasteiger partial charge >= 0.3 is 0 Å². The fourth-order valence-corrected chi connectivity index (χ4v) is 2.37. The zero-order valence-electron chi connectivity index (χ0n) is 9.65. The number of benzene rings is 1. The summed E-state index contributed by atoms with van der Waals surface area (Å²) in [5.41, 5.74) is 7.56. The van der Waals surface area contributed by atoms with Gasteiger partial charge in [-0.3, -0.25) is 0 Å². The van der Waals surface area contributed by atoms with E-state index in [4.69, 9.17) is 34.3 Å². The van der Waals surface area contributed by atoms with Crippen molar-refractivity contribution in [1.29, 1.82) is 0 Å². The molecule has 0 bridgehead atoms. The molecule has 1 atom stereocenters. The molecule has 1 fully saturated rings. The van der Waals surface area contributed by atoms with Gasteiger partial charge in [0, 0.05) is 29.9 Å². The van der Waals surface area contributed by atoms with Crippen molar-refractivity contribution in [2.24, 2.45) is 5.73 Å². The SMILES string of the molecule is CN(c1cc(Cl)ccc1C(N)=S)C1CCOC1. The van der Waals surface area contributed by atoms with Crippen LogP contribution in [0.1, 0.15) is 12.0 Å². The van der Waals surface area contributed by atoms with E-state index >= 15 is 0 Å². The van der Waals surface area contributed by atoms with E-state index < -0.39 is 0 Å². The molecule has 0 radical (unpaired) electrons. The number of anilines is 1. The summed E-state index contributed by atoms with van der Waals surface area (Å²) in [5.74, 6) is 0. The Labute approximate surface area is 111 Å². The van der Waals surface area contributed by atoms with Crippen LogP contribution in [0.3, 0.4) is 0 Å². The molecule has 17 heavy (non-hydrogen) atoms. The Morgan fingerprint density at radius 2 is 2.35 bits per heavy atom. The quantitative estimate of drug-likeness (QED) is 0.855. The maximum Gasteiger partial charge on any atom is 0.106 e. The average Bonchev–Trinajstić information content (AvgIpc) is 2.80. The van der Waals surface area contributed by atoms with Gasteiger partial charge in [0.25, 0.3) is 0 Å². The maximum atomic E-state index is 6.03. The predicted molar refractivity (Wildman–Crippen MR) is 75.0 cm³/mol. The molecule has 2 N–H and O–H groups in total. The predicted octanol–water partition coefficient (Wildman–Crippen LogP) is 2.20. The summed E-state index contributed by atoms with van der Waals surface area (Å²) in [6.45, 7) is 1.54. The Morgan fingerprint density at radius 1 is 1.59 bits per heavy atom. The molecule has 1 aromatic carbocycles. The van der Waals surface area contributed by atoms with E-state index in [1.165, 1.54) is 0 Å². The first-order valence-electron chi connectivity index (χ1n) is 5.49. The molecular weight excluding hydrogens is 256 g/mol. The zero-order valence-corrected chi connectivity index (χ0v) is 11.2. The third-order valence-electron chi connectivity index (χ3n) is 3.06. The standard InChI is InChI=1S/C12H15ClN2OS/c1-15(9-4-5-16-7-9)11-6-8(13)2-3-10(11)12(14)17/h2-3,6,9H,4-5,7H2,1H3,(H2,14,17). The molecule has 92 valence electrons. The van der Waals surface area contributed by atoms with E-state index in [0.717, 1.165) is 30.9 Å². The molecule has 0 saturated carbocycles. The van der Waals surface area contributed by atoms with Crippen LogP contribution in [0.15, 0.2) is 18.2 Å².